The van der Waals surface area contributed by atoms with E-state index in [0.29, 0.717) is 43.0 Å². The Morgan fingerprint density at radius 2 is 1.61 bits per heavy atom. The molecule has 1 fully saturated rings. The lowest BCUT2D eigenvalue weighted by Crippen LogP contribution is -2.37. The van der Waals surface area contributed by atoms with Crippen LogP contribution in [0.5, 0.6) is 0 Å². The minimum atomic E-state index is -3.63. The normalized spacial score (nSPS) is 15.4. The lowest BCUT2D eigenvalue weighted by Gasteiger charge is -2.34. The van der Waals surface area contributed by atoms with E-state index in [9.17, 15) is 26.7 Å². The molecule has 11 heteroatoms. The van der Waals surface area contributed by atoms with Gasteiger partial charge in [-0.05, 0) is 49.2 Å². The largest absolute Gasteiger partial charge is 0.481 e. The highest BCUT2D eigenvalue weighted by Crippen LogP contribution is 2.36. The van der Waals surface area contributed by atoms with E-state index in [4.69, 9.17) is 0 Å². The van der Waals surface area contributed by atoms with Gasteiger partial charge in [-0.3, -0.25) is 4.79 Å². The molecule has 3 rings (SSSR count). The third-order valence-corrected chi connectivity index (χ3v) is 7.92. The second-order valence-electron chi connectivity index (χ2n) is 7.42. The van der Waals surface area contributed by atoms with Crippen molar-refractivity contribution >= 4 is 43.9 Å². The molecule has 0 aromatic heterocycles. The number of piperidine rings is 1. The molecule has 1 aliphatic rings. The average molecular weight is 468 g/mol. The molecule has 0 aliphatic carbocycles. The summed E-state index contributed by atoms with van der Waals surface area (Å²) in [6.45, 7) is 0.995. The zero-order valence-electron chi connectivity index (χ0n) is 17.2. The van der Waals surface area contributed by atoms with Gasteiger partial charge in [-0.2, -0.15) is 0 Å². The topological polar surface area (TPSA) is 115 Å². The second kappa shape index (κ2) is 9.25. The van der Waals surface area contributed by atoms with Crippen molar-refractivity contribution < 1.29 is 26.7 Å². The Morgan fingerprint density at radius 1 is 1.03 bits per heavy atom. The summed E-state index contributed by atoms with van der Waals surface area (Å²) in [5, 5.41) is 9.22. The Balaban J connectivity index is 1.96. The van der Waals surface area contributed by atoms with E-state index in [1.165, 1.54) is 38.4 Å². The summed E-state index contributed by atoms with van der Waals surface area (Å²) in [6.07, 6.45) is 0.953. The molecule has 1 aliphatic heterocycles. The van der Waals surface area contributed by atoms with Crippen LogP contribution in [0.15, 0.2) is 53.4 Å². The predicted molar refractivity (Wildman–Crippen MR) is 119 cm³/mol. The molecule has 2 aromatic carbocycles. The van der Waals surface area contributed by atoms with Crippen molar-refractivity contribution in [1.82, 2.24) is 4.31 Å². The molecule has 0 unspecified atom stereocenters. The molecule has 0 saturated carbocycles. The molecule has 0 spiro atoms. The van der Waals surface area contributed by atoms with E-state index < -0.39 is 32.8 Å². The van der Waals surface area contributed by atoms with Gasteiger partial charge in [0.2, 0.25) is 20.9 Å². The number of aliphatic carboxylic acids is 1. The number of nitrogens with zero attached hydrogens (tertiary/aromatic N) is 3. The van der Waals surface area contributed by atoms with E-state index in [2.05, 4.69) is 0 Å². The van der Waals surface area contributed by atoms with E-state index in [1.54, 1.807) is 24.3 Å². The lowest BCUT2D eigenvalue weighted by atomic mass is 9.96. The minimum absolute atomic E-state index is 0.0614. The van der Waals surface area contributed by atoms with Crippen LogP contribution in [-0.4, -0.2) is 59.4 Å². The number of thiol groups is 1. The molecule has 168 valence electrons. The maximum Gasteiger partial charge on any atom is 0.306 e. The summed E-state index contributed by atoms with van der Waals surface area (Å²) in [7, 11) is -3.86. The van der Waals surface area contributed by atoms with Gasteiger partial charge < -0.3 is 10.0 Å². The first kappa shape index (κ1) is 23.0. The van der Waals surface area contributed by atoms with E-state index in [-0.39, 0.29) is 4.90 Å². The van der Waals surface area contributed by atoms with Crippen LogP contribution in [-0.2, 0) is 25.7 Å². The van der Waals surface area contributed by atoms with Gasteiger partial charge >= 0.3 is 5.97 Å². The number of rotatable bonds is 7. The smallest absolute Gasteiger partial charge is 0.306 e. The minimum Gasteiger partial charge on any atom is -0.481 e. The Kier molecular flexibility index (Phi) is 6.87. The van der Waals surface area contributed by atoms with Gasteiger partial charge in [0.25, 0.3) is 0 Å². The maximum atomic E-state index is 12.3. The zero-order chi connectivity index (χ0) is 22.8. The first-order chi connectivity index (χ1) is 14.6. The lowest BCUT2D eigenvalue weighted by molar-refractivity contribution is -0.142. The van der Waals surface area contributed by atoms with Crippen LogP contribution in [0.1, 0.15) is 12.8 Å². The number of hydrogen-bond donors (Lipinski definition) is 2. The van der Waals surface area contributed by atoms with Gasteiger partial charge in [-0.25, -0.2) is 25.4 Å². The van der Waals surface area contributed by atoms with Crippen molar-refractivity contribution in [1.29, 1.82) is 0 Å². The fourth-order valence-corrected chi connectivity index (χ4v) is 5.14. The number of anilines is 3. The number of sulfonamides is 1. The molecule has 0 radical (unpaired) electrons. The van der Waals surface area contributed by atoms with Gasteiger partial charge in [0.15, 0.2) is 0 Å². The van der Waals surface area contributed by atoms with Crippen LogP contribution in [0, 0.1) is 5.92 Å². The number of carboxylic acid groups (broad SMARTS) is 1. The van der Waals surface area contributed by atoms with Gasteiger partial charge in [-0.1, -0.05) is 12.1 Å². The summed E-state index contributed by atoms with van der Waals surface area (Å²) >= 11 is 0. The number of para-hydroxylation sites is 2. The van der Waals surface area contributed by atoms with Crippen LogP contribution in [0.3, 0.4) is 0 Å². The molecule has 0 bridgehead atoms. The highest BCUT2D eigenvalue weighted by molar-refractivity contribution is 7.89. The molecule has 2 aromatic rings. The number of carboxylic acids is 1. The SMILES string of the molecule is CN(C)S(=O)(=O)c1ccc(N(c2ccccc2N2CCC(C(=O)O)CC2)[SH](=O)=O)cc1. The Morgan fingerprint density at radius 3 is 2.13 bits per heavy atom. The summed E-state index contributed by atoms with van der Waals surface area (Å²) in [5.41, 5.74) is 1.41. The highest BCUT2D eigenvalue weighted by atomic mass is 32.2. The van der Waals surface area contributed by atoms with Gasteiger partial charge in [0, 0.05) is 27.2 Å². The molecule has 31 heavy (non-hydrogen) atoms. The van der Waals surface area contributed by atoms with Crippen molar-refractivity contribution in [2.45, 2.75) is 17.7 Å². The summed E-state index contributed by atoms with van der Waals surface area (Å²) in [4.78, 5) is 13.3. The summed E-state index contributed by atoms with van der Waals surface area (Å²) < 4.78 is 51.2. The Bertz CT molecular complexity index is 1110. The standard InChI is InChI=1S/C20H25N3O6S2/c1-21(2)31(28,29)17-9-7-16(8-10-17)23(30(26)27)19-6-4-3-5-18(19)22-13-11-15(12-14-22)20(24)25/h3-10,15,30H,11-14H2,1-2H3,(H,24,25). The quantitative estimate of drug-likeness (QED) is 0.598. The van der Waals surface area contributed by atoms with E-state index in [1.807, 2.05) is 4.90 Å². The molecular formula is C20H25N3O6S2. The van der Waals surface area contributed by atoms with Crippen molar-refractivity contribution in [3.8, 4) is 0 Å². The second-order valence-corrected chi connectivity index (χ2v) is 10.4. The molecule has 0 atom stereocenters. The summed E-state index contributed by atoms with van der Waals surface area (Å²) in [6, 6.07) is 12.6. The number of hydrogen-bond acceptors (Lipinski definition) is 6. The van der Waals surface area contributed by atoms with E-state index in [0.717, 1.165) is 8.61 Å². The molecule has 9 nitrogen and oxygen atoms in total. The maximum absolute atomic E-state index is 12.3. The third kappa shape index (κ3) is 4.83. The molecule has 1 heterocycles. The summed E-state index contributed by atoms with van der Waals surface area (Å²) in [5.74, 6) is -1.22. The van der Waals surface area contributed by atoms with Crippen molar-refractivity contribution in [3.63, 3.8) is 0 Å². The fourth-order valence-electron chi connectivity index (χ4n) is 3.57. The number of carbonyl (C=O) groups is 1. The Labute approximate surface area is 183 Å². The van der Waals surface area contributed by atoms with Gasteiger partial charge in [0.05, 0.1) is 27.9 Å². The fraction of sp³-hybridized carbons (Fsp3) is 0.350. The van der Waals surface area contributed by atoms with Crippen molar-refractivity contribution in [2.24, 2.45) is 5.92 Å². The monoisotopic (exact) mass is 467 g/mol. The molecule has 1 saturated heterocycles. The van der Waals surface area contributed by atoms with Gasteiger partial charge in [0.1, 0.15) is 0 Å². The predicted octanol–water partition coefficient (Wildman–Crippen LogP) is 1.90. The highest BCUT2D eigenvalue weighted by Gasteiger charge is 2.27. The van der Waals surface area contributed by atoms with Crippen LogP contribution in [0.2, 0.25) is 0 Å². The van der Waals surface area contributed by atoms with Gasteiger partial charge in [-0.15, -0.1) is 0 Å². The first-order valence-corrected chi connectivity index (χ1v) is 12.2. The third-order valence-electron chi connectivity index (χ3n) is 5.32. The van der Waals surface area contributed by atoms with Crippen molar-refractivity contribution in [3.05, 3.63) is 48.5 Å². The molecule has 1 N–H and O–H groups in total. The molecular weight excluding hydrogens is 442 g/mol. The molecule has 0 amide bonds. The zero-order valence-corrected chi connectivity index (χ0v) is 18.9. The van der Waals surface area contributed by atoms with Crippen LogP contribution in [0.4, 0.5) is 17.1 Å². The van der Waals surface area contributed by atoms with Crippen LogP contribution < -0.4 is 9.21 Å². The Hall–Kier alpha value is -2.63. The van der Waals surface area contributed by atoms with Crippen LogP contribution in [0.25, 0.3) is 0 Å². The van der Waals surface area contributed by atoms with Crippen molar-refractivity contribution in [2.75, 3.05) is 36.4 Å². The average Bonchev–Trinajstić information content (AvgIpc) is 2.74. The first-order valence-electron chi connectivity index (χ1n) is 9.66. The van der Waals surface area contributed by atoms with Crippen LogP contribution >= 0.6 is 0 Å². The number of benzene rings is 2. The van der Waals surface area contributed by atoms with E-state index >= 15 is 0 Å².